The third-order valence-corrected chi connectivity index (χ3v) is 8.42. The van der Waals surface area contributed by atoms with Crippen molar-refractivity contribution >= 4 is 16.6 Å². The Balaban J connectivity index is 1.38. The summed E-state index contributed by atoms with van der Waals surface area (Å²) >= 11 is 0. The first-order valence-corrected chi connectivity index (χ1v) is 12.8. The van der Waals surface area contributed by atoms with E-state index in [-0.39, 0.29) is 0 Å². The average molecular weight is 469 g/mol. The lowest BCUT2D eigenvalue weighted by molar-refractivity contribution is 0.0321. The number of morpholine rings is 1. The molecule has 2 aromatic carbocycles. The Labute approximate surface area is 205 Å². The number of rotatable bonds is 4. The molecule has 2 saturated heterocycles. The van der Waals surface area contributed by atoms with Crippen molar-refractivity contribution in [2.75, 3.05) is 44.3 Å². The zero-order valence-electron chi connectivity index (χ0n) is 20.5. The Morgan fingerprint density at radius 1 is 1.09 bits per heavy atom. The molecule has 0 amide bonds. The summed E-state index contributed by atoms with van der Waals surface area (Å²) in [6.07, 6.45) is 4.41. The number of hydrogen-bond donors (Lipinski definition) is 2. The second-order valence-corrected chi connectivity index (χ2v) is 10.7. The summed E-state index contributed by atoms with van der Waals surface area (Å²) in [6.45, 7) is 7.92. The van der Waals surface area contributed by atoms with Crippen molar-refractivity contribution in [2.45, 2.75) is 25.7 Å². The first-order valence-electron chi connectivity index (χ1n) is 12.8. The van der Waals surface area contributed by atoms with Crippen LogP contribution in [0.1, 0.15) is 30.1 Å². The van der Waals surface area contributed by atoms with E-state index >= 15 is 0 Å². The zero-order valence-corrected chi connectivity index (χ0v) is 20.5. The van der Waals surface area contributed by atoms with Gasteiger partial charge in [0.2, 0.25) is 0 Å². The van der Waals surface area contributed by atoms with Gasteiger partial charge in [-0.2, -0.15) is 5.10 Å². The number of aromatic amines is 1. The van der Waals surface area contributed by atoms with E-state index in [1.54, 1.807) is 0 Å². The molecule has 4 heterocycles. The molecule has 1 saturated carbocycles. The highest BCUT2D eigenvalue weighted by Crippen LogP contribution is 2.54. The van der Waals surface area contributed by atoms with Gasteiger partial charge in [-0.25, -0.2) is 4.98 Å². The van der Waals surface area contributed by atoms with E-state index < -0.39 is 0 Å². The smallest absolute Gasteiger partial charge is 0.112 e. The number of ether oxygens (including phenoxy) is 1. The standard InChI is InChI=1S/C28H32N6O/c1-18-6-7-23-22(15-30-32-23)24(18)26-25(19-4-3-5-21(12-19)34-8-10-35-11-9-34)31-27(33(26)2)20-13-28(14-20)16-29-17-28/h3-7,12,15,20,29H,8-11,13-14,16-17H2,1-2H3,(H,30,32). The largest absolute Gasteiger partial charge is 0.378 e. The van der Waals surface area contributed by atoms with E-state index in [4.69, 9.17) is 9.72 Å². The van der Waals surface area contributed by atoms with Gasteiger partial charge in [-0.3, -0.25) is 5.10 Å². The number of benzene rings is 2. The highest BCUT2D eigenvalue weighted by atomic mass is 16.5. The van der Waals surface area contributed by atoms with Crippen molar-refractivity contribution in [3.05, 3.63) is 54.0 Å². The molecule has 0 bridgehead atoms. The molecule has 4 aromatic rings. The molecule has 1 aliphatic carbocycles. The van der Waals surface area contributed by atoms with Crippen LogP contribution in [0.25, 0.3) is 33.4 Å². The molecule has 2 aromatic heterocycles. The maximum Gasteiger partial charge on any atom is 0.112 e. The van der Waals surface area contributed by atoms with Crippen LogP contribution in [0.4, 0.5) is 5.69 Å². The Morgan fingerprint density at radius 2 is 1.91 bits per heavy atom. The molecule has 1 spiro atoms. The zero-order chi connectivity index (χ0) is 23.6. The molecule has 0 atom stereocenters. The minimum atomic E-state index is 0.508. The lowest BCUT2D eigenvalue weighted by atomic mass is 9.58. The van der Waals surface area contributed by atoms with Crippen LogP contribution in [0.5, 0.6) is 0 Å². The fourth-order valence-electron chi connectivity index (χ4n) is 6.42. The monoisotopic (exact) mass is 468 g/mol. The van der Waals surface area contributed by atoms with E-state index in [2.05, 4.69) is 75.4 Å². The minimum absolute atomic E-state index is 0.508. The molecule has 7 nitrogen and oxygen atoms in total. The summed E-state index contributed by atoms with van der Waals surface area (Å²) in [6, 6.07) is 13.2. The fraction of sp³-hybridized carbons (Fsp3) is 0.429. The first-order chi connectivity index (χ1) is 17.1. The molecule has 7 heteroatoms. The van der Waals surface area contributed by atoms with E-state index in [0.29, 0.717) is 11.3 Å². The Bertz CT molecular complexity index is 1400. The number of imidazole rings is 1. The van der Waals surface area contributed by atoms with Crippen LogP contribution in [0.3, 0.4) is 0 Å². The highest BCUT2D eigenvalue weighted by molar-refractivity contribution is 5.99. The molecule has 2 N–H and O–H groups in total. The lowest BCUT2D eigenvalue weighted by Gasteiger charge is -2.54. The summed E-state index contributed by atoms with van der Waals surface area (Å²) < 4.78 is 7.95. The van der Waals surface area contributed by atoms with E-state index in [1.165, 1.54) is 46.7 Å². The molecule has 3 aliphatic rings. The third kappa shape index (κ3) is 3.32. The van der Waals surface area contributed by atoms with Crippen molar-refractivity contribution in [1.29, 1.82) is 0 Å². The Morgan fingerprint density at radius 3 is 2.69 bits per heavy atom. The maximum atomic E-state index is 5.58. The van der Waals surface area contributed by atoms with Crippen LogP contribution < -0.4 is 10.2 Å². The van der Waals surface area contributed by atoms with Crippen LogP contribution >= 0.6 is 0 Å². The van der Waals surface area contributed by atoms with Gasteiger partial charge in [0.15, 0.2) is 0 Å². The van der Waals surface area contributed by atoms with E-state index in [9.17, 15) is 0 Å². The van der Waals surface area contributed by atoms with Gasteiger partial charge in [0.25, 0.3) is 0 Å². The Hall–Kier alpha value is -3.16. The normalized spacial score (nSPS) is 19.8. The minimum Gasteiger partial charge on any atom is -0.378 e. The summed E-state index contributed by atoms with van der Waals surface area (Å²) in [5.74, 6) is 1.73. The molecule has 2 aliphatic heterocycles. The molecule has 0 unspecified atom stereocenters. The second kappa shape index (κ2) is 7.93. The molecule has 180 valence electrons. The second-order valence-electron chi connectivity index (χ2n) is 10.7. The van der Waals surface area contributed by atoms with Crippen molar-refractivity contribution < 1.29 is 4.74 Å². The number of H-pyrrole nitrogens is 1. The lowest BCUT2D eigenvalue weighted by Crippen LogP contribution is -2.59. The number of aryl methyl sites for hydroxylation is 1. The summed E-state index contributed by atoms with van der Waals surface area (Å²) in [5, 5.41) is 12.1. The number of nitrogens with zero attached hydrogens (tertiary/aromatic N) is 4. The van der Waals surface area contributed by atoms with Crippen LogP contribution in [-0.4, -0.2) is 59.1 Å². The number of fused-ring (bicyclic) bond motifs is 1. The van der Waals surface area contributed by atoms with Crippen molar-refractivity contribution in [3.8, 4) is 22.5 Å². The van der Waals surface area contributed by atoms with Gasteiger partial charge < -0.3 is 19.5 Å². The van der Waals surface area contributed by atoms with Crippen molar-refractivity contribution in [1.82, 2.24) is 25.1 Å². The fourth-order valence-corrected chi connectivity index (χ4v) is 6.42. The van der Waals surface area contributed by atoms with Crippen LogP contribution in [0.15, 0.2) is 42.6 Å². The highest BCUT2D eigenvalue weighted by Gasteiger charge is 2.50. The van der Waals surface area contributed by atoms with Gasteiger partial charge in [0, 0.05) is 61.3 Å². The predicted molar refractivity (Wildman–Crippen MR) is 139 cm³/mol. The SMILES string of the molecule is Cc1ccc2[nH]ncc2c1-c1c(-c2cccc(N3CCOCC3)c2)nc(C2CC3(CNC3)C2)n1C. The topological polar surface area (TPSA) is 71.0 Å². The predicted octanol–water partition coefficient (Wildman–Crippen LogP) is 4.24. The van der Waals surface area contributed by atoms with Crippen LogP contribution in [0, 0.1) is 12.3 Å². The quantitative estimate of drug-likeness (QED) is 0.469. The van der Waals surface area contributed by atoms with Gasteiger partial charge in [0.1, 0.15) is 5.82 Å². The maximum absolute atomic E-state index is 5.58. The summed E-state index contributed by atoms with van der Waals surface area (Å²) in [7, 11) is 2.20. The van der Waals surface area contributed by atoms with Crippen molar-refractivity contribution in [3.63, 3.8) is 0 Å². The van der Waals surface area contributed by atoms with Gasteiger partial charge in [-0.05, 0) is 48.9 Å². The average Bonchev–Trinajstić information content (AvgIpc) is 3.43. The van der Waals surface area contributed by atoms with Crippen LogP contribution in [0.2, 0.25) is 0 Å². The van der Waals surface area contributed by atoms with Crippen LogP contribution in [-0.2, 0) is 11.8 Å². The number of aromatic nitrogens is 4. The molecular weight excluding hydrogens is 436 g/mol. The number of anilines is 1. The van der Waals surface area contributed by atoms with Gasteiger partial charge in [-0.15, -0.1) is 0 Å². The van der Waals surface area contributed by atoms with Gasteiger partial charge in [0.05, 0.1) is 36.3 Å². The van der Waals surface area contributed by atoms with Crippen molar-refractivity contribution in [2.24, 2.45) is 12.5 Å². The van der Waals surface area contributed by atoms with Gasteiger partial charge in [-0.1, -0.05) is 18.2 Å². The third-order valence-electron chi connectivity index (χ3n) is 8.42. The van der Waals surface area contributed by atoms with E-state index in [1.807, 2.05) is 6.20 Å². The number of hydrogen-bond acceptors (Lipinski definition) is 5. The molecule has 3 fully saturated rings. The number of nitrogens with one attached hydrogen (secondary N) is 2. The molecule has 35 heavy (non-hydrogen) atoms. The Kier molecular flexibility index (Phi) is 4.79. The summed E-state index contributed by atoms with van der Waals surface area (Å²) in [4.78, 5) is 7.80. The molecular formula is C28H32N6O. The van der Waals surface area contributed by atoms with E-state index in [0.717, 1.165) is 56.0 Å². The molecule has 7 rings (SSSR count). The van der Waals surface area contributed by atoms with Gasteiger partial charge >= 0.3 is 0 Å². The first kappa shape index (κ1) is 21.1. The molecule has 0 radical (unpaired) electrons. The summed E-state index contributed by atoms with van der Waals surface area (Å²) in [5.41, 5.74) is 8.71.